The molecule has 0 saturated carbocycles. The second-order valence-corrected chi connectivity index (χ2v) is 16.8. The number of hydrogen-bond donors (Lipinski definition) is 0. The molecule has 100 valence electrons. The molecule has 0 spiro atoms. The summed E-state index contributed by atoms with van der Waals surface area (Å²) in [7, 11) is 0. The molecule has 0 aromatic heterocycles. The van der Waals surface area contributed by atoms with E-state index in [0.717, 1.165) is 12.8 Å². The third-order valence-corrected chi connectivity index (χ3v) is 1.74. The Balaban J connectivity index is -0.000000182. The molecule has 0 aliphatic heterocycles. The van der Waals surface area contributed by atoms with Crippen molar-refractivity contribution in [2.24, 2.45) is 0 Å². The molecule has 0 bridgehead atoms. The summed E-state index contributed by atoms with van der Waals surface area (Å²) in [4.78, 5) is 0. The largest absolute Gasteiger partial charge is 1.00 e. The Bertz CT molecular complexity index is 304. The number of hydrogen-bond acceptors (Lipinski definition) is 0. The molecule has 0 fully saturated rings. The van der Waals surface area contributed by atoms with E-state index in [1.165, 1.54) is 34.1 Å². The molecule has 18 heavy (non-hydrogen) atoms. The Morgan fingerprint density at radius 2 is 1.22 bits per heavy atom. The molecule has 0 N–H and O–H groups in total. The Morgan fingerprint density at radius 1 is 0.944 bits per heavy atom. The van der Waals surface area contributed by atoms with Gasteiger partial charge in [-0.25, -0.2) is 23.3 Å². The quantitative estimate of drug-likeness (QED) is 0.292. The third kappa shape index (κ3) is 19.0. The molecule has 0 saturated heterocycles. The normalized spacial score (nSPS) is 13.9. The van der Waals surface area contributed by atoms with Crippen LogP contribution in [-0.2, 0) is 23.0 Å². The maximum Gasteiger partial charge on any atom is -1.00 e. The van der Waals surface area contributed by atoms with Gasteiger partial charge in [0.05, 0.1) is 0 Å². The maximum atomic E-state index is 3.05. The van der Waals surface area contributed by atoms with Crippen LogP contribution in [0.5, 0.6) is 0 Å². The maximum absolute atomic E-state index is 3.05. The van der Waals surface area contributed by atoms with Crippen molar-refractivity contribution in [2.45, 2.75) is 39.8 Å². The fourth-order valence-electron chi connectivity index (χ4n) is 0.998. The average molecular weight is 466 g/mol. The molecule has 0 aromatic rings. The average Bonchev–Trinajstić information content (AvgIpc) is 2.78. The molecule has 0 nitrogen and oxygen atoms in total. The SMILES string of the molecule is CC1=CC[C-]=C1.CC1=CC[C-]=C1.C[Si](C)=[Hf+2].[Cl-].[Cl-]. The van der Waals surface area contributed by atoms with Gasteiger partial charge in [0.15, 0.2) is 0 Å². The summed E-state index contributed by atoms with van der Waals surface area (Å²) >= 11 is 1.45. The van der Waals surface area contributed by atoms with Crippen LogP contribution >= 0.6 is 0 Å². The first kappa shape index (κ1) is 23.7. The molecule has 0 heterocycles. The van der Waals surface area contributed by atoms with Gasteiger partial charge in [-0.3, -0.25) is 12.2 Å². The topological polar surface area (TPSA) is 0 Å². The first-order chi connectivity index (χ1) is 7.52. The number of allylic oxidation sites excluding steroid dienone is 8. The monoisotopic (exact) mass is 466 g/mol. The van der Waals surface area contributed by atoms with Crippen LogP contribution in [0.4, 0.5) is 0 Å². The van der Waals surface area contributed by atoms with Crippen LogP contribution in [0.25, 0.3) is 0 Å². The van der Waals surface area contributed by atoms with E-state index in [1.807, 2.05) is 12.2 Å². The summed E-state index contributed by atoms with van der Waals surface area (Å²) in [6, 6.07) is 0. The molecule has 0 unspecified atom stereocenters. The van der Waals surface area contributed by atoms with Gasteiger partial charge >= 0.3 is 41.6 Å². The summed E-state index contributed by atoms with van der Waals surface area (Å²) < 4.78 is 0. The molecule has 2 aliphatic carbocycles. The van der Waals surface area contributed by atoms with Crippen molar-refractivity contribution in [2.75, 3.05) is 0 Å². The fourth-order valence-corrected chi connectivity index (χ4v) is 0.998. The second kappa shape index (κ2) is 15.7. The Labute approximate surface area is 140 Å². The van der Waals surface area contributed by atoms with Crippen molar-refractivity contribution >= 4 is 5.49 Å². The van der Waals surface area contributed by atoms with E-state index < -0.39 is 0 Å². The van der Waals surface area contributed by atoms with E-state index in [9.17, 15) is 0 Å². The van der Waals surface area contributed by atoms with Gasteiger partial charge in [-0.05, 0) is 0 Å². The van der Waals surface area contributed by atoms with Gasteiger partial charge in [-0.2, -0.15) is 12.2 Å². The van der Waals surface area contributed by atoms with Gasteiger partial charge in [0.25, 0.3) is 0 Å². The van der Waals surface area contributed by atoms with E-state index in [4.69, 9.17) is 0 Å². The predicted octanol–water partition coefficient (Wildman–Crippen LogP) is -1.82. The summed E-state index contributed by atoms with van der Waals surface area (Å²) in [5, 5.41) is 0. The minimum Gasteiger partial charge on any atom is -1.00 e. The van der Waals surface area contributed by atoms with E-state index in [-0.39, 0.29) is 30.3 Å². The Morgan fingerprint density at radius 3 is 1.28 bits per heavy atom. The summed E-state index contributed by atoms with van der Waals surface area (Å²) in [5.74, 6) is 0. The van der Waals surface area contributed by atoms with Gasteiger partial charge in [0.2, 0.25) is 0 Å². The minimum atomic E-state index is 0. The molecule has 2 aliphatic rings. The van der Waals surface area contributed by atoms with Crippen LogP contribution in [0.3, 0.4) is 0 Å². The number of rotatable bonds is 0. The first-order valence-electron chi connectivity index (χ1n) is 5.51. The smallest absolute Gasteiger partial charge is 1.00 e. The van der Waals surface area contributed by atoms with Crippen molar-refractivity contribution in [1.82, 2.24) is 0 Å². The zero-order chi connectivity index (χ0) is 12.4. The molecule has 4 heteroatoms. The number of halogens is 2. The van der Waals surface area contributed by atoms with Gasteiger partial charge in [-0.15, -0.1) is 26.7 Å². The Kier molecular flexibility index (Phi) is 20.7. The van der Waals surface area contributed by atoms with Gasteiger partial charge < -0.3 is 24.8 Å². The van der Waals surface area contributed by atoms with Gasteiger partial charge in [-0.1, -0.05) is 0 Å². The van der Waals surface area contributed by atoms with E-state index in [0.29, 0.717) is 0 Å². The zero-order valence-electron chi connectivity index (χ0n) is 11.5. The summed E-state index contributed by atoms with van der Waals surface area (Å²) in [5.41, 5.74) is 2.94. The first-order valence-corrected chi connectivity index (χ1v) is 13.4. The predicted molar refractivity (Wildman–Crippen MR) is 69.9 cm³/mol. The van der Waals surface area contributed by atoms with E-state index >= 15 is 0 Å². The molecule has 0 atom stereocenters. The summed E-state index contributed by atoms with van der Waals surface area (Å²) in [6.45, 7) is 8.83. The van der Waals surface area contributed by atoms with Crippen LogP contribution in [0.2, 0.25) is 13.1 Å². The van der Waals surface area contributed by atoms with E-state index in [2.05, 4.69) is 51.2 Å². The molecular formula is C14H20Cl2HfSi-2. The van der Waals surface area contributed by atoms with E-state index in [1.54, 1.807) is 0 Å². The second-order valence-electron chi connectivity index (χ2n) is 4.00. The Hall–Kier alpha value is 0.627. The van der Waals surface area contributed by atoms with Crippen LogP contribution in [0.1, 0.15) is 26.7 Å². The minimum absolute atomic E-state index is 0. The van der Waals surface area contributed by atoms with Crippen molar-refractivity contribution in [3.63, 3.8) is 0 Å². The van der Waals surface area contributed by atoms with Crippen molar-refractivity contribution < 1.29 is 47.8 Å². The molecule has 0 radical (unpaired) electrons. The van der Waals surface area contributed by atoms with Crippen molar-refractivity contribution in [1.29, 1.82) is 0 Å². The van der Waals surface area contributed by atoms with Crippen LogP contribution in [0, 0.1) is 12.2 Å². The van der Waals surface area contributed by atoms with Crippen LogP contribution < -0.4 is 24.8 Å². The van der Waals surface area contributed by atoms with Gasteiger partial charge in [0.1, 0.15) is 0 Å². The van der Waals surface area contributed by atoms with Crippen LogP contribution in [0.15, 0.2) is 35.5 Å². The molecule has 2 rings (SSSR count). The van der Waals surface area contributed by atoms with Crippen LogP contribution in [-0.4, -0.2) is 5.49 Å². The molecule has 0 amide bonds. The third-order valence-electron chi connectivity index (χ3n) is 1.74. The van der Waals surface area contributed by atoms with Gasteiger partial charge in [0, 0.05) is 0 Å². The standard InChI is InChI=1S/2C6H7.C2H6Si.2ClH.Hf/c2*1-6-4-2-3-5-6;1-3-2;;;/h2*4-5H,2H2,1H3;1-2H3;2*1H;/q2*-1;;;;+2/p-2. The van der Waals surface area contributed by atoms with Crippen molar-refractivity contribution in [3.8, 4) is 0 Å². The zero-order valence-corrected chi connectivity index (χ0v) is 17.6. The molecular weight excluding hydrogens is 446 g/mol. The summed E-state index contributed by atoms with van der Waals surface area (Å²) in [6.07, 6.45) is 16.5. The van der Waals surface area contributed by atoms with Crippen molar-refractivity contribution in [3.05, 3.63) is 47.6 Å². The fraction of sp³-hybridized carbons (Fsp3) is 0.429. The molecule has 0 aromatic carbocycles.